The molecule has 0 aromatic carbocycles. The summed E-state index contributed by atoms with van der Waals surface area (Å²) in [5, 5.41) is 2.53. The van der Waals surface area contributed by atoms with Crippen molar-refractivity contribution in [2.24, 2.45) is 5.92 Å². The van der Waals surface area contributed by atoms with Crippen molar-refractivity contribution in [2.75, 3.05) is 6.54 Å². The van der Waals surface area contributed by atoms with Gasteiger partial charge in [-0.1, -0.05) is 0 Å². The lowest BCUT2D eigenvalue weighted by Gasteiger charge is -2.16. The maximum absolute atomic E-state index is 13.0. The fourth-order valence-electron chi connectivity index (χ4n) is 2.10. The van der Waals surface area contributed by atoms with E-state index in [1.807, 2.05) is 0 Å². The van der Waals surface area contributed by atoms with Gasteiger partial charge in [-0.2, -0.15) is 13.2 Å². The van der Waals surface area contributed by atoms with E-state index in [4.69, 9.17) is 0 Å². The van der Waals surface area contributed by atoms with E-state index >= 15 is 0 Å². The number of amides is 1. The summed E-state index contributed by atoms with van der Waals surface area (Å²) in [4.78, 5) is 35.9. The van der Waals surface area contributed by atoms with Gasteiger partial charge in [0.05, 0.1) is 0 Å². The van der Waals surface area contributed by atoms with Crippen molar-refractivity contribution >= 4 is 5.91 Å². The van der Waals surface area contributed by atoms with Crippen molar-refractivity contribution in [3.63, 3.8) is 0 Å². The monoisotopic (exact) mass is 333 g/mol. The normalized spacial score (nSPS) is 15.0. The van der Waals surface area contributed by atoms with E-state index in [-0.39, 0.29) is 0 Å². The molecule has 1 N–H and O–H groups in total. The van der Waals surface area contributed by atoms with E-state index in [0.717, 1.165) is 17.4 Å². The lowest BCUT2D eigenvalue weighted by Crippen LogP contribution is -2.46. The molecule has 2 rings (SSSR count). The summed E-state index contributed by atoms with van der Waals surface area (Å²) in [7, 11) is 0. The van der Waals surface area contributed by atoms with Crippen molar-refractivity contribution in [3.05, 3.63) is 32.6 Å². The Kier molecular flexibility index (Phi) is 4.67. The van der Waals surface area contributed by atoms with Crippen molar-refractivity contribution < 1.29 is 18.0 Å². The number of aromatic nitrogens is 2. The van der Waals surface area contributed by atoms with E-state index in [9.17, 15) is 27.6 Å². The number of hydrogen-bond acceptors (Lipinski definition) is 3. The van der Waals surface area contributed by atoms with Gasteiger partial charge in [-0.3, -0.25) is 18.7 Å². The van der Waals surface area contributed by atoms with Crippen molar-refractivity contribution in [1.82, 2.24) is 14.5 Å². The summed E-state index contributed by atoms with van der Waals surface area (Å²) in [6.07, 6.45) is -2.41. The van der Waals surface area contributed by atoms with Crippen LogP contribution in [0.15, 0.2) is 15.8 Å². The minimum Gasteiger partial charge on any atom is -0.354 e. The van der Waals surface area contributed by atoms with E-state index in [1.54, 1.807) is 0 Å². The van der Waals surface area contributed by atoms with Gasteiger partial charge < -0.3 is 5.32 Å². The van der Waals surface area contributed by atoms with Crippen LogP contribution in [0.25, 0.3) is 0 Å². The molecule has 1 aromatic rings. The predicted molar refractivity (Wildman–Crippen MR) is 76.1 cm³/mol. The van der Waals surface area contributed by atoms with Crippen molar-refractivity contribution in [1.29, 1.82) is 0 Å². The van der Waals surface area contributed by atoms with Crippen LogP contribution in [0.4, 0.5) is 13.2 Å². The first kappa shape index (κ1) is 17.3. The number of hydrogen-bond donors (Lipinski definition) is 1. The van der Waals surface area contributed by atoms with Gasteiger partial charge in [0, 0.05) is 18.8 Å². The number of halogens is 3. The lowest BCUT2D eigenvalue weighted by atomic mass is 10.3. The molecule has 0 aliphatic heterocycles. The molecule has 1 aliphatic carbocycles. The quantitative estimate of drug-likeness (QED) is 0.878. The zero-order valence-corrected chi connectivity index (χ0v) is 12.8. The number of rotatable bonds is 5. The molecule has 23 heavy (non-hydrogen) atoms. The first-order chi connectivity index (χ1) is 10.6. The number of alkyl halides is 3. The van der Waals surface area contributed by atoms with Gasteiger partial charge in [0.25, 0.3) is 5.56 Å². The van der Waals surface area contributed by atoms with E-state index < -0.39 is 41.5 Å². The van der Waals surface area contributed by atoms with Gasteiger partial charge in [0.1, 0.15) is 12.1 Å². The Labute approximate surface area is 129 Å². The Morgan fingerprint density at radius 3 is 2.43 bits per heavy atom. The van der Waals surface area contributed by atoms with Gasteiger partial charge in [-0.15, -0.1) is 0 Å². The minimum atomic E-state index is -4.90. The maximum atomic E-state index is 13.0. The first-order valence-corrected chi connectivity index (χ1v) is 7.31. The Bertz CT molecular complexity index is 715. The van der Waals surface area contributed by atoms with Crippen LogP contribution >= 0.6 is 0 Å². The third-order valence-corrected chi connectivity index (χ3v) is 3.64. The fraction of sp³-hybridized carbons (Fsp3) is 0.643. The number of nitrogens with one attached hydrogen (secondary N) is 1. The van der Waals surface area contributed by atoms with Crippen LogP contribution in [-0.2, 0) is 17.5 Å². The highest BCUT2D eigenvalue weighted by Crippen LogP contribution is 2.27. The van der Waals surface area contributed by atoms with Crippen LogP contribution in [0, 0.1) is 5.92 Å². The summed E-state index contributed by atoms with van der Waals surface area (Å²) < 4.78 is 40.1. The van der Waals surface area contributed by atoms with Gasteiger partial charge in [-0.05, 0) is 32.6 Å². The zero-order chi connectivity index (χ0) is 17.4. The third kappa shape index (κ3) is 4.02. The molecule has 1 saturated carbocycles. The average molecular weight is 333 g/mol. The molecule has 0 atom stereocenters. The molecule has 6 nitrogen and oxygen atoms in total. The van der Waals surface area contributed by atoms with Crippen LogP contribution in [0.3, 0.4) is 0 Å². The van der Waals surface area contributed by atoms with E-state index in [2.05, 4.69) is 5.32 Å². The molecule has 0 spiro atoms. The summed E-state index contributed by atoms with van der Waals surface area (Å²) in [6.45, 7) is 2.72. The second-order valence-electron chi connectivity index (χ2n) is 5.96. The minimum absolute atomic E-state index is 0.338. The van der Waals surface area contributed by atoms with E-state index in [0.29, 0.717) is 23.2 Å². The van der Waals surface area contributed by atoms with Crippen LogP contribution in [0.2, 0.25) is 0 Å². The van der Waals surface area contributed by atoms with Gasteiger partial charge in [-0.25, -0.2) is 4.79 Å². The molecule has 128 valence electrons. The number of carbonyl (C=O) groups is 1. The van der Waals surface area contributed by atoms with E-state index in [1.165, 1.54) is 13.8 Å². The molecule has 1 fully saturated rings. The predicted octanol–water partition coefficient (Wildman–Crippen LogP) is 1.14. The highest BCUT2D eigenvalue weighted by atomic mass is 19.4. The molecule has 9 heteroatoms. The average Bonchev–Trinajstić information content (AvgIpc) is 3.23. The Morgan fingerprint density at radius 2 is 1.96 bits per heavy atom. The lowest BCUT2D eigenvalue weighted by molar-refractivity contribution is -0.140. The van der Waals surface area contributed by atoms with Gasteiger partial charge in [0.15, 0.2) is 0 Å². The SMILES string of the molecule is CC(C)n1cc(C(F)(F)F)c(=O)n(CC(=O)NCC2CC2)c1=O. The Balaban J connectivity index is 2.39. The molecule has 1 aliphatic rings. The summed E-state index contributed by atoms with van der Waals surface area (Å²) in [5.74, 6) is -0.268. The Hall–Kier alpha value is -2.06. The summed E-state index contributed by atoms with van der Waals surface area (Å²) in [5.41, 5.74) is -3.89. The standard InChI is InChI=1S/C14H18F3N3O3/c1-8(2)19-6-10(14(15,16)17)12(22)20(13(19)23)7-11(21)18-5-9-3-4-9/h6,8-9H,3-5,7H2,1-2H3,(H,18,21). The van der Waals surface area contributed by atoms with Crippen LogP contribution in [0.1, 0.15) is 38.3 Å². The van der Waals surface area contributed by atoms with Crippen LogP contribution in [0.5, 0.6) is 0 Å². The van der Waals surface area contributed by atoms with Crippen LogP contribution in [-0.4, -0.2) is 21.6 Å². The van der Waals surface area contributed by atoms with Gasteiger partial charge in [0.2, 0.25) is 5.91 Å². The molecule has 0 unspecified atom stereocenters. The maximum Gasteiger partial charge on any atom is 0.423 e. The molecular formula is C14H18F3N3O3. The topological polar surface area (TPSA) is 73.1 Å². The molecule has 0 saturated heterocycles. The second-order valence-corrected chi connectivity index (χ2v) is 5.96. The number of carbonyl (C=O) groups excluding carboxylic acids is 1. The molecular weight excluding hydrogens is 315 g/mol. The smallest absolute Gasteiger partial charge is 0.354 e. The molecule has 1 heterocycles. The molecule has 0 radical (unpaired) electrons. The molecule has 1 amide bonds. The Morgan fingerprint density at radius 1 is 1.35 bits per heavy atom. The second kappa shape index (κ2) is 6.21. The molecule has 1 aromatic heterocycles. The third-order valence-electron chi connectivity index (χ3n) is 3.64. The molecule has 0 bridgehead atoms. The number of nitrogens with zero attached hydrogens (tertiary/aromatic N) is 2. The largest absolute Gasteiger partial charge is 0.423 e. The van der Waals surface area contributed by atoms with Crippen molar-refractivity contribution in [3.8, 4) is 0 Å². The van der Waals surface area contributed by atoms with Gasteiger partial charge >= 0.3 is 11.9 Å². The summed E-state index contributed by atoms with van der Waals surface area (Å²) >= 11 is 0. The highest BCUT2D eigenvalue weighted by molar-refractivity contribution is 5.75. The first-order valence-electron chi connectivity index (χ1n) is 7.31. The highest BCUT2D eigenvalue weighted by Gasteiger charge is 2.36. The fourth-order valence-corrected chi connectivity index (χ4v) is 2.10. The summed E-state index contributed by atoms with van der Waals surface area (Å²) in [6, 6.07) is -0.579. The van der Waals surface area contributed by atoms with Crippen LogP contribution < -0.4 is 16.6 Å². The van der Waals surface area contributed by atoms with Crippen molar-refractivity contribution in [2.45, 2.75) is 45.5 Å². The zero-order valence-electron chi connectivity index (χ0n) is 12.8.